The maximum absolute atomic E-state index is 13.4. The van der Waals surface area contributed by atoms with Crippen molar-refractivity contribution in [3.8, 4) is 11.4 Å². The summed E-state index contributed by atoms with van der Waals surface area (Å²) in [6, 6.07) is 17.2. The van der Waals surface area contributed by atoms with Crippen LogP contribution in [0.1, 0.15) is 32.9 Å². The van der Waals surface area contributed by atoms with Crippen molar-refractivity contribution in [1.82, 2.24) is 20.1 Å². The molecule has 0 saturated heterocycles. The van der Waals surface area contributed by atoms with Crippen molar-refractivity contribution < 1.29 is 27.5 Å². The fourth-order valence-corrected chi connectivity index (χ4v) is 4.66. The van der Waals surface area contributed by atoms with Crippen LogP contribution in [0.2, 0.25) is 0 Å². The first-order valence-electron chi connectivity index (χ1n) is 12.1. The van der Waals surface area contributed by atoms with E-state index in [1.807, 2.05) is 32.0 Å². The fourth-order valence-electron chi connectivity index (χ4n) is 3.89. The molecule has 3 aromatic carbocycles. The van der Waals surface area contributed by atoms with Crippen LogP contribution in [0.3, 0.4) is 0 Å². The van der Waals surface area contributed by atoms with Gasteiger partial charge in [0.1, 0.15) is 5.75 Å². The van der Waals surface area contributed by atoms with E-state index >= 15 is 0 Å². The molecule has 0 aliphatic rings. The first-order chi connectivity index (χ1) is 19.1. The normalized spacial score (nSPS) is 11.2. The number of carbonyl (C=O) groups excluding carboxylic acids is 2. The van der Waals surface area contributed by atoms with Gasteiger partial charge in [-0.05, 0) is 67.4 Å². The van der Waals surface area contributed by atoms with Crippen molar-refractivity contribution in [3.05, 3.63) is 94.8 Å². The lowest BCUT2D eigenvalue weighted by Crippen LogP contribution is -2.27. The molecular weight excluding hydrogens is 543 g/mol. The van der Waals surface area contributed by atoms with Crippen molar-refractivity contribution >= 4 is 29.3 Å². The molecule has 0 saturated carbocycles. The number of nitrogens with zero attached hydrogens (tertiary/aromatic N) is 3. The molecule has 0 fully saturated rings. The quantitative estimate of drug-likeness (QED) is 0.256. The van der Waals surface area contributed by atoms with Gasteiger partial charge in [-0.2, -0.15) is 13.2 Å². The van der Waals surface area contributed by atoms with Crippen LogP contribution in [0.25, 0.3) is 5.69 Å². The molecule has 1 heterocycles. The molecule has 40 heavy (non-hydrogen) atoms. The number of anilines is 1. The van der Waals surface area contributed by atoms with Gasteiger partial charge in [-0.1, -0.05) is 36.0 Å². The standard InChI is InChI=1S/C28H26F3N5O3S/c1-17-8-9-18(2)23(14-17)36-24(15-32-26(38)21-6-4-5-7-22(21)28(29,30)31)34-35-27(36)40-16-25(37)33-19-10-12-20(39-3)13-11-19/h4-14H,15-16H2,1-3H3,(H,32,38)(H,33,37). The zero-order valence-electron chi connectivity index (χ0n) is 21.9. The monoisotopic (exact) mass is 569 g/mol. The second-order valence-corrected chi connectivity index (χ2v) is 9.76. The highest BCUT2D eigenvalue weighted by atomic mass is 32.2. The minimum absolute atomic E-state index is 0.0142. The molecule has 2 N–H and O–H groups in total. The Morgan fingerprint density at radius 3 is 2.42 bits per heavy atom. The second kappa shape index (κ2) is 12.2. The Morgan fingerprint density at radius 1 is 1.00 bits per heavy atom. The Hall–Kier alpha value is -4.32. The summed E-state index contributed by atoms with van der Waals surface area (Å²) in [6.45, 7) is 3.61. The Kier molecular flexibility index (Phi) is 8.78. The van der Waals surface area contributed by atoms with E-state index in [2.05, 4.69) is 20.8 Å². The zero-order valence-corrected chi connectivity index (χ0v) is 22.7. The Labute approximate surface area is 233 Å². The summed E-state index contributed by atoms with van der Waals surface area (Å²) >= 11 is 1.14. The topological polar surface area (TPSA) is 98.1 Å². The molecule has 0 spiro atoms. The molecule has 4 aromatic rings. The van der Waals surface area contributed by atoms with Crippen molar-refractivity contribution in [1.29, 1.82) is 0 Å². The lowest BCUT2D eigenvalue weighted by Gasteiger charge is -2.15. The maximum Gasteiger partial charge on any atom is 0.417 e. The average molecular weight is 570 g/mol. The van der Waals surface area contributed by atoms with Gasteiger partial charge in [0, 0.05) is 5.69 Å². The van der Waals surface area contributed by atoms with Crippen LogP contribution in [-0.4, -0.2) is 39.4 Å². The van der Waals surface area contributed by atoms with E-state index in [4.69, 9.17) is 4.74 Å². The number of aromatic nitrogens is 3. The van der Waals surface area contributed by atoms with Gasteiger partial charge < -0.3 is 15.4 Å². The summed E-state index contributed by atoms with van der Waals surface area (Å²) in [7, 11) is 1.55. The summed E-state index contributed by atoms with van der Waals surface area (Å²) in [6.07, 6.45) is -4.68. The highest BCUT2D eigenvalue weighted by Crippen LogP contribution is 2.32. The van der Waals surface area contributed by atoms with Crippen molar-refractivity contribution in [2.75, 3.05) is 18.2 Å². The number of hydrogen-bond acceptors (Lipinski definition) is 6. The third kappa shape index (κ3) is 6.81. The SMILES string of the molecule is COc1ccc(NC(=O)CSc2nnc(CNC(=O)c3ccccc3C(F)(F)F)n2-c2cc(C)ccc2C)cc1. The summed E-state index contributed by atoms with van der Waals surface area (Å²) < 4.78 is 47.1. The van der Waals surface area contributed by atoms with Crippen LogP contribution in [0.5, 0.6) is 5.75 Å². The second-order valence-electron chi connectivity index (χ2n) is 8.82. The first kappa shape index (κ1) is 28.7. The number of methoxy groups -OCH3 is 1. The summed E-state index contributed by atoms with van der Waals surface area (Å²) in [5.41, 5.74) is 1.65. The third-order valence-electron chi connectivity index (χ3n) is 5.90. The molecule has 12 heteroatoms. The van der Waals surface area contributed by atoms with Gasteiger partial charge in [0.2, 0.25) is 5.91 Å². The number of aryl methyl sites for hydroxylation is 2. The van der Waals surface area contributed by atoms with Crippen LogP contribution in [-0.2, 0) is 17.5 Å². The van der Waals surface area contributed by atoms with Gasteiger partial charge in [-0.15, -0.1) is 10.2 Å². The predicted octanol–water partition coefficient (Wildman–Crippen LogP) is 5.57. The zero-order chi connectivity index (χ0) is 28.9. The lowest BCUT2D eigenvalue weighted by atomic mass is 10.1. The highest BCUT2D eigenvalue weighted by Gasteiger charge is 2.34. The number of amides is 2. The Balaban J connectivity index is 1.55. The highest BCUT2D eigenvalue weighted by molar-refractivity contribution is 7.99. The lowest BCUT2D eigenvalue weighted by molar-refractivity contribution is -0.138. The Bertz CT molecular complexity index is 1520. The van der Waals surface area contributed by atoms with Gasteiger partial charge in [-0.3, -0.25) is 14.2 Å². The van der Waals surface area contributed by atoms with E-state index in [-0.39, 0.29) is 18.2 Å². The van der Waals surface area contributed by atoms with E-state index in [0.29, 0.717) is 22.4 Å². The smallest absolute Gasteiger partial charge is 0.417 e. The molecule has 208 valence electrons. The number of rotatable bonds is 9. The van der Waals surface area contributed by atoms with E-state index in [9.17, 15) is 22.8 Å². The van der Waals surface area contributed by atoms with E-state index in [0.717, 1.165) is 40.7 Å². The number of carbonyl (C=O) groups is 2. The summed E-state index contributed by atoms with van der Waals surface area (Å²) in [5, 5.41) is 14.1. The molecule has 0 bridgehead atoms. The number of thioether (sulfide) groups is 1. The van der Waals surface area contributed by atoms with Crippen molar-refractivity contribution in [2.24, 2.45) is 0 Å². The van der Waals surface area contributed by atoms with E-state index < -0.39 is 23.2 Å². The van der Waals surface area contributed by atoms with E-state index in [1.54, 1.807) is 35.9 Å². The first-order valence-corrected chi connectivity index (χ1v) is 13.1. The maximum atomic E-state index is 13.4. The van der Waals surface area contributed by atoms with Crippen LogP contribution >= 0.6 is 11.8 Å². The predicted molar refractivity (Wildman–Crippen MR) is 146 cm³/mol. The van der Waals surface area contributed by atoms with Gasteiger partial charge >= 0.3 is 6.18 Å². The average Bonchev–Trinajstić information content (AvgIpc) is 3.34. The number of benzene rings is 3. The molecule has 8 nitrogen and oxygen atoms in total. The molecule has 2 amide bonds. The van der Waals surface area contributed by atoms with E-state index in [1.165, 1.54) is 12.1 Å². The minimum Gasteiger partial charge on any atom is -0.497 e. The minimum atomic E-state index is -4.68. The third-order valence-corrected chi connectivity index (χ3v) is 6.83. The summed E-state index contributed by atoms with van der Waals surface area (Å²) in [5.74, 6) is -0.193. The number of halogens is 3. The molecule has 4 rings (SSSR count). The van der Waals surface area contributed by atoms with Crippen molar-refractivity contribution in [2.45, 2.75) is 31.7 Å². The van der Waals surface area contributed by atoms with Gasteiger partial charge in [0.25, 0.3) is 5.91 Å². The summed E-state index contributed by atoms with van der Waals surface area (Å²) in [4.78, 5) is 25.4. The van der Waals surface area contributed by atoms with Crippen LogP contribution in [0.15, 0.2) is 71.9 Å². The molecular formula is C28H26F3N5O3S. The fraction of sp³-hybridized carbons (Fsp3) is 0.214. The van der Waals surface area contributed by atoms with Crippen molar-refractivity contribution in [3.63, 3.8) is 0 Å². The van der Waals surface area contributed by atoms with Crippen LogP contribution in [0, 0.1) is 13.8 Å². The Morgan fingerprint density at radius 2 is 1.73 bits per heavy atom. The molecule has 0 atom stereocenters. The van der Waals surface area contributed by atoms with Crippen LogP contribution < -0.4 is 15.4 Å². The molecule has 0 unspecified atom stereocenters. The molecule has 0 aliphatic heterocycles. The number of ether oxygens (including phenoxy) is 1. The van der Waals surface area contributed by atoms with Gasteiger partial charge in [0.05, 0.1) is 36.2 Å². The van der Waals surface area contributed by atoms with Gasteiger partial charge in [-0.25, -0.2) is 0 Å². The number of hydrogen-bond donors (Lipinski definition) is 2. The van der Waals surface area contributed by atoms with Crippen LogP contribution in [0.4, 0.5) is 18.9 Å². The number of nitrogens with one attached hydrogen (secondary N) is 2. The molecule has 0 aliphatic carbocycles. The number of alkyl halides is 3. The molecule has 0 radical (unpaired) electrons. The largest absolute Gasteiger partial charge is 0.497 e. The molecule has 1 aromatic heterocycles. The van der Waals surface area contributed by atoms with Gasteiger partial charge in [0.15, 0.2) is 11.0 Å².